The minimum atomic E-state index is -0.518. The molecule has 0 spiro atoms. The van der Waals surface area contributed by atoms with Gasteiger partial charge in [0.15, 0.2) is 0 Å². The van der Waals surface area contributed by atoms with E-state index in [0.29, 0.717) is 11.4 Å². The predicted molar refractivity (Wildman–Crippen MR) is 75.8 cm³/mol. The molecule has 0 radical (unpaired) electrons. The summed E-state index contributed by atoms with van der Waals surface area (Å²) in [5.41, 5.74) is 0.618. The first-order chi connectivity index (χ1) is 9.30. The maximum Gasteiger partial charge on any atom is 0.498 e. The molecule has 1 aliphatic rings. The normalized spacial score (nSPS) is 19.7. The van der Waals surface area contributed by atoms with Gasteiger partial charge in [-0.05, 0) is 33.8 Å². The van der Waals surface area contributed by atoms with Crippen molar-refractivity contribution in [2.24, 2.45) is 0 Å². The van der Waals surface area contributed by atoms with Crippen LogP contribution in [0.3, 0.4) is 0 Å². The van der Waals surface area contributed by atoms with Gasteiger partial charge in [-0.25, -0.2) is 0 Å². The van der Waals surface area contributed by atoms with E-state index in [1.165, 1.54) is 0 Å². The number of rotatable bonds is 3. The number of ether oxygens (including phenoxy) is 1. The molecule has 0 amide bonds. The van der Waals surface area contributed by atoms with Crippen LogP contribution in [0.5, 0.6) is 5.75 Å². The Balaban J connectivity index is 2.38. The average Bonchev–Trinajstić information content (AvgIpc) is 2.59. The Kier molecular flexibility index (Phi) is 3.76. The van der Waals surface area contributed by atoms with Gasteiger partial charge >= 0.3 is 7.12 Å². The molecule has 0 atom stereocenters. The lowest BCUT2D eigenvalue weighted by molar-refractivity contribution is 0.00578. The van der Waals surface area contributed by atoms with Crippen LogP contribution in [0.15, 0.2) is 12.3 Å². The van der Waals surface area contributed by atoms with Crippen molar-refractivity contribution in [1.82, 2.24) is 4.98 Å². The Morgan fingerprint density at radius 2 is 1.90 bits per heavy atom. The van der Waals surface area contributed by atoms with E-state index in [9.17, 15) is 0 Å². The Bertz CT molecular complexity index is 536. The van der Waals surface area contributed by atoms with Gasteiger partial charge in [0.25, 0.3) is 0 Å². The second-order valence-electron chi connectivity index (χ2n) is 5.84. The van der Waals surface area contributed by atoms with E-state index < -0.39 is 18.3 Å². The molecular weight excluding hydrogens is 255 g/mol. The van der Waals surface area contributed by atoms with Gasteiger partial charge < -0.3 is 14.0 Å². The topological polar surface area (TPSA) is 64.4 Å². The molecule has 1 aliphatic heterocycles. The third-order valence-corrected chi connectivity index (χ3v) is 3.94. The molecule has 20 heavy (non-hydrogen) atoms. The number of methoxy groups -OCH3 is 1. The molecule has 0 saturated carbocycles. The van der Waals surface area contributed by atoms with Crippen molar-refractivity contribution in [3.8, 4) is 11.8 Å². The Labute approximate surface area is 120 Å². The lowest BCUT2D eigenvalue weighted by Crippen LogP contribution is -2.41. The van der Waals surface area contributed by atoms with Crippen molar-refractivity contribution in [3.63, 3.8) is 0 Å². The zero-order chi connectivity index (χ0) is 15.0. The maximum absolute atomic E-state index is 8.78. The maximum atomic E-state index is 8.78. The van der Waals surface area contributed by atoms with Gasteiger partial charge in [-0.2, -0.15) is 5.26 Å². The molecule has 5 nitrogen and oxygen atoms in total. The molecule has 106 valence electrons. The summed E-state index contributed by atoms with van der Waals surface area (Å²) in [5.74, 6) is 0.602. The molecule has 1 aromatic heterocycles. The molecule has 1 fully saturated rings. The summed E-state index contributed by atoms with van der Waals surface area (Å²) >= 11 is 0. The van der Waals surface area contributed by atoms with E-state index in [-0.39, 0.29) is 6.42 Å². The first kappa shape index (κ1) is 14.8. The molecule has 0 bridgehead atoms. The van der Waals surface area contributed by atoms with Gasteiger partial charge in [0.1, 0.15) is 5.75 Å². The van der Waals surface area contributed by atoms with Crippen molar-refractivity contribution in [3.05, 3.63) is 18.0 Å². The lowest BCUT2D eigenvalue weighted by atomic mass is 9.78. The van der Waals surface area contributed by atoms with Crippen LogP contribution >= 0.6 is 0 Å². The zero-order valence-corrected chi connectivity index (χ0v) is 12.6. The highest BCUT2D eigenvalue weighted by molar-refractivity contribution is 6.63. The first-order valence-electron chi connectivity index (χ1n) is 6.56. The second kappa shape index (κ2) is 5.08. The fourth-order valence-electron chi connectivity index (χ4n) is 2.01. The summed E-state index contributed by atoms with van der Waals surface area (Å²) in [6.07, 6.45) is 1.85. The monoisotopic (exact) mass is 274 g/mol. The summed E-state index contributed by atoms with van der Waals surface area (Å²) in [6.45, 7) is 7.99. The van der Waals surface area contributed by atoms with Gasteiger partial charge in [0, 0.05) is 5.46 Å². The van der Waals surface area contributed by atoms with Crippen LogP contribution in [0.25, 0.3) is 0 Å². The minimum absolute atomic E-state index is 0.247. The SMILES string of the molecule is COc1cnc(CC#N)cc1B1OC(C)(C)C(C)(C)O1. The number of aromatic nitrogens is 1. The minimum Gasteiger partial charge on any atom is -0.496 e. The quantitative estimate of drug-likeness (QED) is 0.781. The van der Waals surface area contributed by atoms with Crippen molar-refractivity contribution < 1.29 is 14.0 Å². The van der Waals surface area contributed by atoms with Crippen LogP contribution in [0.1, 0.15) is 33.4 Å². The average molecular weight is 274 g/mol. The van der Waals surface area contributed by atoms with E-state index in [1.54, 1.807) is 13.3 Å². The largest absolute Gasteiger partial charge is 0.498 e. The van der Waals surface area contributed by atoms with Crippen LogP contribution in [-0.2, 0) is 15.7 Å². The molecule has 2 heterocycles. The summed E-state index contributed by atoms with van der Waals surface area (Å²) in [5, 5.41) is 8.78. The predicted octanol–water partition coefficient (Wildman–Crippen LogP) is 1.46. The molecule has 0 aliphatic carbocycles. The number of pyridine rings is 1. The summed E-state index contributed by atoms with van der Waals surface area (Å²) < 4.78 is 17.3. The molecule has 0 unspecified atom stereocenters. The zero-order valence-electron chi connectivity index (χ0n) is 12.6. The highest BCUT2D eigenvalue weighted by atomic mass is 16.7. The number of hydrogen-bond donors (Lipinski definition) is 0. The smallest absolute Gasteiger partial charge is 0.496 e. The third-order valence-electron chi connectivity index (χ3n) is 3.94. The third kappa shape index (κ3) is 2.51. The van der Waals surface area contributed by atoms with Crippen molar-refractivity contribution in [2.75, 3.05) is 7.11 Å². The van der Waals surface area contributed by atoms with Crippen LogP contribution in [0.4, 0.5) is 0 Å². The van der Waals surface area contributed by atoms with Gasteiger partial charge in [0.2, 0.25) is 0 Å². The lowest BCUT2D eigenvalue weighted by Gasteiger charge is -2.32. The van der Waals surface area contributed by atoms with Gasteiger partial charge in [-0.1, -0.05) is 0 Å². The molecule has 0 aromatic carbocycles. The van der Waals surface area contributed by atoms with Crippen LogP contribution in [0, 0.1) is 11.3 Å². The highest BCUT2D eigenvalue weighted by Gasteiger charge is 2.52. The van der Waals surface area contributed by atoms with Crippen LogP contribution in [0.2, 0.25) is 0 Å². The van der Waals surface area contributed by atoms with Gasteiger partial charge in [0.05, 0.1) is 42.7 Å². The molecule has 2 rings (SSSR count). The Hall–Kier alpha value is -1.58. The Morgan fingerprint density at radius 3 is 2.40 bits per heavy atom. The van der Waals surface area contributed by atoms with Crippen molar-refractivity contribution >= 4 is 12.6 Å². The first-order valence-corrected chi connectivity index (χ1v) is 6.56. The van der Waals surface area contributed by atoms with E-state index in [4.69, 9.17) is 19.3 Å². The molecule has 1 aromatic rings. The fraction of sp³-hybridized carbons (Fsp3) is 0.571. The summed E-state index contributed by atoms with van der Waals surface area (Å²) in [4.78, 5) is 4.19. The van der Waals surface area contributed by atoms with Gasteiger partial charge in [-0.15, -0.1) is 0 Å². The van der Waals surface area contributed by atoms with Crippen LogP contribution in [-0.4, -0.2) is 30.4 Å². The van der Waals surface area contributed by atoms with Gasteiger partial charge in [-0.3, -0.25) is 4.98 Å². The second-order valence-corrected chi connectivity index (χ2v) is 5.84. The van der Waals surface area contributed by atoms with E-state index in [0.717, 1.165) is 5.46 Å². The van der Waals surface area contributed by atoms with E-state index in [2.05, 4.69) is 11.1 Å². The number of hydrogen-bond acceptors (Lipinski definition) is 5. The van der Waals surface area contributed by atoms with Crippen LogP contribution < -0.4 is 10.2 Å². The molecular formula is C14H19BN2O3. The number of nitriles is 1. The fourth-order valence-corrected chi connectivity index (χ4v) is 2.01. The number of nitrogens with zero attached hydrogens (tertiary/aromatic N) is 2. The molecule has 6 heteroatoms. The Morgan fingerprint density at radius 1 is 1.30 bits per heavy atom. The van der Waals surface area contributed by atoms with E-state index in [1.807, 2.05) is 33.8 Å². The molecule has 1 saturated heterocycles. The standard InChI is InChI=1S/C14H19BN2O3/c1-13(2)14(3,4)20-15(19-13)11-8-10(6-7-16)17-9-12(11)18-5/h8-9H,6H2,1-5H3. The van der Waals surface area contributed by atoms with Crippen molar-refractivity contribution in [2.45, 2.75) is 45.3 Å². The highest BCUT2D eigenvalue weighted by Crippen LogP contribution is 2.37. The van der Waals surface area contributed by atoms with E-state index >= 15 is 0 Å². The summed E-state index contributed by atoms with van der Waals surface area (Å²) in [7, 11) is 1.06. The molecule has 0 N–H and O–H groups in total. The van der Waals surface area contributed by atoms with Crippen molar-refractivity contribution in [1.29, 1.82) is 5.26 Å². The summed E-state index contributed by atoms with van der Waals surface area (Å²) in [6, 6.07) is 3.90.